The molecule has 2 aliphatic heterocycles. The van der Waals surface area contributed by atoms with E-state index in [9.17, 15) is 14.0 Å². The zero-order chi connectivity index (χ0) is 22.3. The lowest BCUT2D eigenvalue weighted by Gasteiger charge is -2.32. The van der Waals surface area contributed by atoms with Gasteiger partial charge in [-0.05, 0) is 36.6 Å². The summed E-state index contributed by atoms with van der Waals surface area (Å²) < 4.78 is 18.5. The molecule has 3 heterocycles. The van der Waals surface area contributed by atoms with Crippen LogP contribution in [0.1, 0.15) is 24.0 Å². The number of likely N-dealkylation sites (tertiary alicyclic amines) is 1. The lowest BCUT2D eigenvalue weighted by atomic mass is 9.96. The van der Waals surface area contributed by atoms with Crippen LogP contribution >= 0.6 is 0 Å². The number of aromatic nitrogens is 1. The minimum absolute atomic E-state index is 0.0315. The van der Waals surface area contributed by atoms with Crippen LogP contribution in [0.2, 0.25) is 0 Å². The highest BCUT2D eigenvalue weighted by atomic mass is 19.1. The Morgan fingerprint density at radius 3 is 2.69 bits per heavy atom. The van der Waals surface area contributed by atoms with E-state index in [0.717, 1.165) is 42.9 Å². The number of hydrogen-bond acceptors (Lipinski definition) is 5. The van der Waals surface area contributed by atoms with Gasteiger partial charge < -0.3 is 19.9 Å². The fourth-order valence-electron chi connectivity index (χ4n) is 4.26. The number of carbonyl (C=O) groups is 2. The van der Waals surface area contributed by atoms with Gasteiger partial charge in [0.1, 0.15) is 11.6 Å². The van der Waals surface area contributed by atoms with Crippen LogP contribution in [0.15, 0.2) is 42.6 Å². The Bertz CT molecular complexity index is 931. The van der Waals surface area contributed by atoms with E-state index < -0.39 is 0 Å². The highest BCUT2D eigenvalue weighted by molar-refractivity contribution is 5.82. The number of carbonyl (C=O) groups excluding carboxylic acids is 2. The van der Waals surface area contributed by atoms with Gasteiger partial charge in [0.2, 0.25) is 11.8 Å². The number of benzene rings is 1. The van der Waals surface area contributed by atoms with E-state index in [-0.39, 0.29) is 30.0 Å². The number of rotatable bonds is 6. The van der Waals surface area contributed by atoms with Crippen molar-refractivity contribution in [2.75, 3.05) is 44.3 Å². The van der Waals surface area contributed by atoms with Gasteiger partial charge in [-0.1, -0.05) is 18.2 Å². The average Bonchev–Trinajstić information content (AvgIpc) is 2.84. The average molecular weight is 441 g/mol. The highest BCUT2D eigenvalue weighted by Crippen LogP contribution is 2.21. The molecule has 7 nitrogen and oxygen atoms in total. The molecule has 0 aliphatic carbocycles. The third-order valence-electron chi connectivity index (χ3n) is 6.04. The van der Waals surface area contributed by atoms with Gasteiger partial charge in [-0.3, -0.25) is 9.59 Å². The third kappa shape index (κ3) is 5.62. The summed E-state index contributed by atoms with van der Waals surface area (Å²) in [5.41, 5.74) is 1.75. The molecule has 1 N–H and O–H groups in total. The predicted molar refractivity (Wildman–Crippen MR) is 119 cm³/mol. The molecule has 4 rings (SSSR count). The van der Waals surface area contributed by atoms with Crippen LogP contribution in [0.5, 0.6) is 0 Å². The normalized spacial score (nSPS) is 19.0. The zero-order valence-corrected chi connectivity index (χ0v) is 18.1. The second-order valence-electron chi connectivity index (χ2n) is 8.29. The maximum atomic E-state index is 13.1. The summed E-state index contributed by atoms with van der Waals surface area (Å²) in [5, 5.41) is 3.05. The topological polar surface area (TPSA) is 74.8 Å². The molecule has 2 aliphatic rings. The van der Waals surface area contributed by atoms with Gasteiger partial charge in [0, 0.05) is 44.5 Å². The molecule has 0 saturated carbocycles. The largest absolute Gasteiger partial charge is 0.378 e. The van der Waals surface area contributed by atoms with Crippen LogP contribution < -0.4 is 10.2 Å². The number of amides is 2. The number of hydrogen-bond donors (Lipinski definition) is 1. The first-order valence-corrected chi connectivity index (χ1v) is 11.2. The summed E-state index contributed by atoms with van der Waals surface area (Å²) >= 11 is 0. The van der Waals surface area contributed by atoms with Crippen molar-refractivity contribution in [3.63, 3.8) is 0 Å². The van der Waals surface area contributed by atoms with Gasteiger partial charge in [-0.25, -0.2) is 9.37 Å². The maximum Gasteiger partial charge on any atom is 0.227 e. The van der Waals surface area contributed by atoms with Crippen molar-refractivity contribution >= 4 is 17.6 Å². The fraction of sp³-hybridized carbons (Fsp3) is 0.458. The van der Waals surface area contributed by atoms with E-state index in [1.54, 1.807) is 23.2 Å². The highest BCUT2D eigenvalue weighted by Gasteiger charge is 2.28. The van der Waals surface area contributed by atoms with Crippen LogP contribution in [0.25, 0.3) is 0 Å². The van der Waals surface area contributed by atoms with E-state index in [0.29, 0.717) is 32.8 Å². The first-order valence-electron chi connectivity index (χ1n) is 11.2. The molecule has 8 heteroatoms. The Kier molecular flexibility index (Phi) is 7.32. The van der Waals surface area contributed by atoms with E-state index in [1.807, 2.05) is 12.1 Å². The van der Waals surface area contributed by atoms with Crippen molar-refractivity contribution in [2.24, 2.45) is 5.92 Å². The second-order valence-corrected chi connectivity index (χ2v) is 8.29. The molecule has 1 atom stereocenters. The van der Waals surface area contributed by atoms with E-state index in [2.05, 4.69) is 15.2 Å². The molecule has 2 fully saturated rings. The van der Waals surface area contributed by atoms with Crippen molar-refractivity contribution in [3.8, 4) is 0 Å². The van der Waals surface area contributed by atoms with Crippen molar-refractivity contribution < 1.29 is 18.7 Å². The molecule has 0 spiro atoms. The summed E-state index contributed by atoms with van der Waals surface area (Å²) in [6, 6.07) is 9.83. The van der Waals surface area contributed by atoms with Crippen LogP contribution in [0.3, 0.4) is 0 Å². The number of anilines is 1. The maximum absolute atomic E-state index is 13.1. The molecule has 0 radical (unpaired) electrons. The van der Waals surface area contributed by atoms with Gasteiger partial charge >= 0.3 is 0 Å². The summed E-state index contributed by atoms with van der Waals surface area (Å²) in [7, 11) is 0. The van der Waals surface area contributed by atoms with Gasteiger partial charge in [0.25, 0.3) is 0 Å². The van der Waals surface area contributed by atoms with E-state index in [1.165, 1.54) is 12.1 Å². The van der Waals surface area contributed by atoms with Gasteiger partial charge in [0.15, 0.2) is 0 Å². The minimum atomic E-state index is -0.318. The summed E-state index contributed by atoms with van der Waals surface area (Å²) in [6.07, 6.45) is 3.53. The zero-order valence-electron chi connectivity index (χ0n) is 18.1. The summed E-state index contributed by atoms with van der Waals surface area (Å²) in [5.74, 6) is 0.263. The van der Waals surface area contributed by atoms with Crippen LogP contribution in [0, 0.1) is 11.7 Å². The first-order chi connectivity index (χ1) is 15.6. The van der Waals surface area contributed by atoms with E-state index in [4.69, 9.17) is 4.74 Å². The number of nitrogens with zero attached hydrogens (tertiary/aromatic N) is 3. The number of ether oxygens (including phenoxy) is 1. The smallest absolute Gasteiger partial charge is 0.227 e. The monoisotopic (exact) mass is 440 g/mol. The minimum Gasteiger partial charge on any atom is -0.378 e. The quantitative estimate of drug-likeness (QED) is 0.745. The lowest BCUT2D eigenvalue weighted by molar-refractivity contribution is -0.135. The van der Waals surface area contributed by atoms with Gasteiger partial charge in [-0.2, -0.15) is 0 Å². The third-order valence-corrected chi connectivity index (χ3v) is 6.04. The molecule has 32 heavy (non-hydrogen) atoms. The van der Waals surface area contributed by atoms with Gasteiger partial charge in [0.05, 0.1) is 25.6 Å². The number of nitrogens with one attached hydrogen (secondary N) is 1. The van der Waals surface area contributed by atoms with Crippen LogP contribution in [-0.4, -0.2) is 61.1 Å². The Morgan fingerprint density at radius 1 is 1.12 bits per heavy atom. The SMILES string of the molecule is O=C(NCc1cccnc1N1CCOCC1)[C@H]1CCCN(C(=O)Cc2ccc(F)cc2)C1. The fourth-order valence-corrected chi connectivity index (χ4v) is 4.26. The molecule has 0 unspecified atom stereocenters. The number of morpholine rings is 1. The van der Waals surface area contributed by atoms with Crippen molar-refractivity contribution in [2.45, 2.75) is 25.8 Å². The Hall–Kier alpha value is -3.00. The molecular weight excluding hydrogens is 411 g/mol. The standard InChI is InChI=1S/C24H29FN4O3/c25-21-7-5-18(6-8-21)15-22(30)29-10-2-4-20(17-29)24(31)27-16-19-3-1-9-26-23(19)28-11-13-32-14-12-28/h1,3,5-9,20H,2,4,10-17H2,(H,27,31)/t20-/m0/s1. The molecular formula is C24H29FN4O3. The Balaban J connectivity index is 1.32. The van der Waals surface area contributed by atoms with Crippen LogP contribution in [0.4, 0.5) is 10.2 Å². The second kappa shape index (κ2) is 10.5. The number of pyridine rings is 1. The van der Waals surface area contributed by atoms with Crippen molar-refractivity contribution in [1.82, 2.24) is 15.2 Å². The van der Waals surface area contributed by atoms with E-state index >= 15 is 0 Å². The number of piperidine rings is 1. The molecule has 1 aromatic heterocycles. The summed E-state index contributed by atoms with van der Waals surface area (Å²) in [4.78, 5) is 34.0. The van der Waals surface area contributed by atoms with Crippen LogP contribution in [-0.2, 0) is 27.3 Å². The number of halogens is 1. The first kappa shape index (κ1) is 22.2. The van der Waals surface area contributed by atoms with Gasteiger partial charge in [-0.15, -0.1) is 0 Å². The molecule has 2 aromatic rings. The predicted octanol–water partition coefficient (Wildman–Crippen LogP) is 2.15. The Morgan fingerprint density at radius 2 is 1.91 bits per heavy atom. The molecule has 1 aromatic carbocycles. The molecule has 2 saturated heterocycles. The lowest BCUT2D eigenvalue weighted by Crippen LogP contribution is -2.46. The van der Waals surface area contributed by atoms with Crippen molar-refractivity contribution in [1.29, 1.82) is 0 Å². The summed E-state index contributed by atoms with van der Waals surface area (Å²) in [6.45, 7) is 4.37. The van der Waals surface area contributed by atoms with Crippen molar-refractivity contribution in [3.05, 3.63) is 59.5 Å². The molecule has 2 amide bonds. The Labute approximate surface area is 187 Å². The molecule has 170 valence electrons. The molecule has 0 bridgehead atoms.